The van der Waals surface area contributed by atoms with Crippen molar-refractivity contribution in [1.29, 1.82) is 0 Å². The SMILES string of the molecule is N[C@H](C(=O)Cc1cncc(F)c1CC[C@@H]1CN[C@H](COC(=O)CCc2ccno2)CO1)C(c1ccc(F)cc1)c1ccc(F)cc1. The molecular formula is C34H35F3N4O5. The lowest BCUT2D eigenvalue weighted by atomic mass is 9.82. The summed E-state index contributed by atoms with van der Waals surface area (Å²) in [5, 5.41) is 6.91. The second-order valence-electron chi connectivity index (χ2n) is 11.3. The van der Waals surface area contributed by atoms with Crippen molar-refractivity contribution in [3.05, 3.63) is 119 Å². The number of aromatic nitrogens is 2. The monoisotopic (exact) mass is 636 g/mol. The van der Waals surface area contributed by atoms with Crippen molar-refractivity contribution in [3.8, 4) is 0 Å². The van der Waals surface area contributed by atoms with Gasteiger partial charge >= 0.3 is 5.97 Å². The molecule has 242 valence electrons. The molecule has 3 atom stereocenters. The highest BCUT2D eigenvalue weighted by molar-refractivity contribution is 5.87. The Morgan fingerprint density at radius 2 is 1.67 bits per heavy atom. The van der Waals surface area contributed by atoms with Crippen LogP contribution in [0.25, 0.3) is 0 Å². The number of halogens is 3. The number of carbonyl (C=O) groups is 2. The van der Waals surface area contributed by atoms with Gasteiger partial charge in [0.05, 0.1) is 43.6 Å². The van der Waals surface area contributed by atoms with Gasteiger partial charge in [-0.3, -0.25) is 14.6 Å². The number of carbonyl (C=O) groups excluding carboxylic acids is 2. The fourth-order valence-corrected chi connectivity index (χ4v) is 5.50. The van der Waals surface area contributed by atoms with E-state index < -0.39 is 29.4 Å². The Bertz CT molecular complexity index is 1530. The van der Waals surface area contributed by atoms with E-state index in [1.165, 1.54) is 36.7 Å². The zero-order chi connectivity index (χ0) is 32.5. The van der Waals surface area contributed by atoms with Crippen LogP contribution in [0.1, 0.15) is 46.8 Å². The van der Waals surface area contributed by atoms with Crippen molar-refractivity contribution >= 4 is 11.8 Å². The standard InChI is InChI=1S/C34H35F3N4O5/c35-24-5-1-21(2-6-24)33(22-3-7-25(36)8-4-22)34(38)31(42)15-23-16-39-18-30(37)29(23)11-9-28-17-40-26(19-44-28)20-45-32(43)12-10-27-13-14-41-46-27/h1-8,13-14,16,18,26,28,33-34,40H,9-12,15,17,19-20,38H2/t26-,28+,34+/m0/s1. The number of nitrogens with two attached hydrogens (primary N) is 1. The Morgan fingerprint density at radius 3 is 2.28 bits per heavy atom. The predicted molar refractivity (Wildman–Crippen MR) is 161 cm³/mol. The first-order valence-electron chi connectivity index (χ1n) is 15.1. The Labute approximate surface area is 264 Å². The quantitative estimate of drug-likeness (QED) is 0.196. The van der Waals surface area contributed by atoms with Crippen molar-refractivity contribution in [1.82, 2.24) is 15.5 Å². The van der Waals surface area contributed by atoms with E-state index in [1.54, 1.807) is 30.3 Å². The molecule has 2 aromatic carbocycles. The molecule has 2 aromatic heterocycles. The first-order valence-corrected chi connectivity index (χ1v) is 15.1. The third kappa shape index (κ3) is 8.87. The molecule has 1 aliphatic heterocycles. The second-order valence-corrected chi connectivity index (χ2v) is 11.3. The average molecular weight is 637 g/mol. The van der Waals surface area contributed by atoms with Gasteiger partial charge in [0.25, 0.3) is 0 Å². The highest BCUT2D eigenvalue weighted by atomic mass is 19.1. The number of nitrogens with zero attached hydrogens (tertiary/aromatic N) is 2. The molecule has 5 rings (SSSR count). The molecule has 0 radical (unpaired) electrons. The van der Waals surface area contributed by atoms with E-state index in [2.05, 4.69) is 15.5 Å². The smallest absolute Gasteiger partial charge is 0.306 e. The van der Waals surface area contributed by atoms with Crippen LogP contribution in [0.3, 0.4) is 0 Å². The van der Waals surface area contributed by atoms with Gasteiger partial charge in [0.1, 0.15) is 29.8 Å². The lowest BCUT2D eigenvalue weighted by Gasteiger charge is -2.30. The molecule has 0 saturated carbocycles. The Morgan fingerprint density at radius 1 is 0.978 bits per heavy atom. The minimum Gasteiger partial charge on any atom is -0.464 e. The number of nitrogens with one attached hydrogen (secondary N) is 1. The number of morpholine rings is 1. The molecular weight excluding hydrogens is 601 g/mol. The number of Topliss-reactive ketones (excluding diaryl/α,β-unsaturated/α-hetero) is 1. The molecule has 4 aromatic rings. The third-order valence-electron chi connectivity index (χ3n) is 8.04. The van der Waals surface area contributed by atoms with Gasteiger partial charge in [-0.05, 0) is 59.4 Å². The van der Waals surface area contributed by atoms with Crippen LogP contribution < -0.4 is 11.1 Å². The maximum absolute atomic E-state index is 15.0. The average Bonchev–Trinajstić information content (AvgIpc) is 3.59. The highest BCUT2D eigenvalue weighted by Crippen LogP contribution is 2.29. The van der Waals surface area contributed by atoms with Crippen molar-refractivity contribution in [2.45, 2.75) is 56.2 Å². The van der Waals surface area contributed by atoms with Crippen LogP contribution in [0.5, 0.6) is 0 Å². The Kier molecular flexibility index (Phi) is 11.3. The molecule has 1 saturated heterocycles. The van der Waals surface area contributed by atoms with Gasteiger partial charge in [-0.2, -0.15) is 0 Å². The molecule has 0 amide bonds. The maximum Gasteiger partial charge on any atom is 0.306 e. The highest BCUT2D eigenvalue weighted by Gasteiger charge is 2.29. The van der Waals surface area contributed by atoms with Gasteiger partial charge in [-0.15, -0.1) is 0 Å². The molecule has 0 spiro atoms. The van der Waals surface area contributed by atoms with Crippen molar-refractivity contribution in [2.24, 2.45) is 5.73 Å². The number of hydrogen-bond acceptors (Lipinski definition) is 9. The molecule has 46 heavy (non-hydrogen) atoms. The van der Waals surface area contributed by atoms with Gasteiger partial charge in [0, 0.05) is 37.6 Å². The minimum atomic E-state index is -1.08. The molecule has 1 fully saturated rings. The number of esters is 1. The van der Waals surface area contributed by atoms with Crippen LogP contribution in [-0.4, -0.2) is 59.8 Å². The first-order chi connectivity index (χ1) is 22.3. The number of benzene rings is 2. The predicted octanol–water partition coefficient (Wildman–Crippen LogP) is 4.22. The van der Waals surface area contributed by atoms with E-state index in [9.17, 15) is 18.4 Å². The van der Waals surface area contributed by atoms with Crippen molar-refractivity contribution in [3.63, 3.8) is 0 Å². The summed E-state index contributed by atoms with van der Waals surface area (Å²) in [5.74, 6) is -2.21. The van der Waals surface area contributed by atoms with E-state index >= 15 is 4.39 Å². The molecule has 3 heterocycles. The Hall–Kier alpha value is -4.39. The second kappa shape index (κ2) is 15.7. The van der Waals surface area contributed by atoms with Gasteiger partial charge in [0.2, 0.25) is 0 Å². The topological polar surface area (TPSA) is 130 Å². The normalized spacial score (nSPS) is 17.2. The van der Waals surface area contributed by atoms with Gasteiger partial charge in [0.15, 0.2) is 5.78 Å². The fraction of sp³-hybridized carbons (Fsp3) is 0.353. The van der Waals surface area contributed by atoms with Crippen LogP contribution in [-0.2, 0) is 38.3 Å². The zero-order valence-corrected chi connectivity index (χ0v) is 25.0. The lowest BCUT2D eigenvalue weighted by molar-refractivity contribution is -0.145. The molecule has 0 bridgehead atoms. The van der Waals surface area contributed by atoms with Gasteiger partial charge < -0.3 is 25.0 Å². The van der Waals surface area contributed by atoms with Gasteiger partial charge in [-0.25, -0.2) is 13.2 Å². The van der Waals surface area contributed by atoms with Crippen LogP contribution in [0.4, 0.5) is 13.2 Å². The summed E-state index contributed by atoms with van der Waals surface area (Å²) < 4.78 is 58.6. The minimum absolute atomic E-state index is 0.157. The van der Waals surface area contributed by atoms with Crippen LogP contribution in [0, 0.1) is 17.5 Å². The van der Waals surface area contributed by atoms with Crippen molar-refractivity contribution < 1.29 is 36.8 Å². The molecule has 0 unspecified atom stereocenters. The zero-order valence-electron chi connectivity index (χ0n) is 25.0. The summed E-state index contributed by atoms with van der Waals surface area (Å²) >= 11 is 0. The van der Waals surface area contributed by atoms with Crippen LogP contribution in [0.2, 0.25) is 0 Å². The number of ether oxygens (including phenoxy) is 2. The van der Waals surface area contributed by atoms with E-state index in [0.29, 0.717) is 60.4 Å². The molecule has 0 aliphatic carbocycles. The largest absolute Gasteiger partial charge is 0.464 e. The number of aryl methyl sites for hydroxylation is 1. The maximum atomic E-state index is 15.0. The van der Waals surface area contributed by atoms with Crippen LogP contribution in [0.15, 0.2) is 77.7 Å². The van der Waals surface area contributed by atoms with E-state index in [-0.39, 0.29) is 43.3 Å². The summed E-state index contributed by atoms with van der Waals surface area (Å²) in [6.45, 7) is 0.945. The number of rotatable bonds is 14. The third-order valence-corrected chi connectivity index (χ3v) is 8.04. The van der Waals surface area contributed by atoms with Gasteiger partial charge in [-0.1, -0.05) is 29.4 Å². The van der Waals surface area contributed by atoms with Crippen molar-refractivity contribution in [2.75, 3.05) is 19.8 Å². The molecule has 3 N–H and O–H groups in total. The fourth-order valence-electron chi connectivity index (χ4n) is 5.50. The van der Waals surface area contributed by atoms with E-state index in [0.717, 1.165) is 6.20 Å². The summed E-state index contributed by atoms with van der Waals surface area (Å²) in [6.07, 6.45) is 5.03. The van der Waals surface area contributed by atoms with Crippen LogP contribution >= 0.6 is 0 Å². The number of ketones is 1. The summed E-state index contributed by atoms with van der Waals surface area (Å²) in [5.41, 5.74) is 8.45. The number of hydrogen-bond donors (Lipinski definition) is 2. The summed E-state index contributed by atoms with van der Waals surface area (Å²) in [7, 11) is 0. The molecule has 1 aliphatic rings. The van der Waals surface area contributed by atoms with E-state index in [4.69, 9.17) is 19.7 Å². The first kappa shape index (κ1) is 33.0. The Balaban J connectivity index is 1.15. The summed E-state index contributed by atoms with van der Waals surface area (Å²) in [6, 6.07) is 11.7. The molecule has 9 nitrogen and oxygen atoms in total. The summed E-state index contributed by atoms with van der Waals surface area (Å²) in [4.78, 5) is 29.5. The van der Waals surface area contributed by atoms with E-state index in [1.807, 2.05) is 0 Å². The number of pyridine rings is 1. The molecule has 12 heteroatoms. The lowest BCUT2D eigenvalue weighted by Crippen LogP contribution is -2.49.